The van der Waals surface area contributed by atoms with Crippen molar-refractivity contribution in [3.8, 4) is 0 Å². The molecule has 5 nitrogen and oxygen atoms in total. The number of hydrazone groups is 1. The number of esters is 1. The number of nitrogens with one attached hydrogen (secondary N) is 1. The molecule has 1 aliphatic heterocycles. The van der Waals surface area contributed by atoms with Gasteiger partial charge in [0.05, 0.1) is 12.5 Å². The van der Waals surface area contributed by atoms with E-state index < -0.39 is 12.0 Å². The van der Waals surface area contributed by atoms with Gasteiger partial charge in [0.2, 0.25) is 5.78 Å². The summed E-state index contributed by atoms with van der Waals surface area (Å²) >= 11 is 0. The maximum atomic E-state index is 12.9. The summed E-state index contributed by atoms with van der Waals surface area (Å²) in [6.07, 6.45) is 9.16. The quantitative estimate of drug-likeness (QED) is 0.662. The van der Waals surface area contributed by atoms with Crippen LogP contribution in [0.5, 0.6) is 0 Å². The summed E-state index contributed by atoms with van der Waals surface area (Å²) in [5, 5.41) is 4.23. The third-order valence-corrected chi connectivity index (χ3v) is 4.39. The number of Topliss-reactive ketones (excluding diaryl/α,β-unsaturated/α-hetero) is 1. The van der Waals surface area contributed by atoms with E-state index in [4.69, 9.17) is 4.74 Å². The van der Waals surface area contributed by atoms with E-state index in [1.807, 2.05) is 24.3 Å². The summed E-state index contributed by atoms with van der Waals surface area (Å²) in [6.45, 7) is 2.06. The predicted molar refractivity (Wildman–Crippen MR) is 96.3 cm³/mol. The van der Waals surface area contributed by atoms with Crippen LogP contribution in [-0.4, -0.2) is 30.1 Å². The lowest BCUT2D eigenvalue weighted by Gasteiger charge is -2.20. The lowest BCUT2D eigenvalue weighted by Crippen LogP contribution is -2.41. The first-order chi connectivity index (χ1) is 12.2. The zero-order valence-corrected chi connectivity index (χ0v) is 14.3. The number of hydrogen-bond donors (Lipinski definition) is 1. The van der Waals surface area contributed by atoms with Crippen molar-refractivity contribution in [2.24, 2.45) is 11.0 Å². The Kier molecular flexibility index (Phi) is 5.43. The Balaban J connectivity index is 1.94. The van der Waals surface area contributed by atoms with Crippen molar-refractivity contribution in [1.82, 2.24) is 5.43 Å². The summed E-state index contributed by atoms with van der Waals surface area (Å²) in [5.74, 6) is -0.977. The van der Waals surface area contributed by atoms with Gasteiger partial charge < -0.3 is 4.74 Å². The van der Waals surface area contributed by atoms with Gasteiger partial charge in [-0.15, -0.1) is 0 Å². The molecule has 0 saturated heterocycles. The van der Waals surface area contributed by atoms with Crippen molar-refractivity contribution < 1.29 is 14.3 Å². The minimum Gasteiger partial charge on any atom is -0.464 e. The van der Waals surface area contributed by atoms with Crippen LogP contribution in [0.4, 0.5) is 0 Å². The molecule has 1 aliphatic carbocycles. The van der Waals surface area contributed by atoms with Crippen LogP contribution < -0.4 is 5.43 Å². The average molecular weight is 338 g/mol. The second-order valence-corrected chi connectivity index (χ2v) is 6.07. The van der Waals surface area contributed by atoms with E-state index in [1.165, 1.54) is 0 Å². The van der Waals surface area contributed by atoms with Gasteiger partial charge in [0.1, 0.15) is 5.71 Å². The van der Waals surface area contributed by atoms with Crippen molar-refractivity contribution >= 4 is 17.5 Å². The van der Waals surface area contributed by atoms with E-state index in [2.05, 4.69) is 22.7 Å². The number of allylic oxidation sites excluding steroid dienone is 3. The van der Waals surface area contributed by atoms with Crippen molar-refractivity contribution in [1.29, 1.82) is 0 Å². The molecular formula is C20H22N2O3. The van der Waals surface area contributed by atoms with Crippen LogP contribution in [0.3, 0.4) is 0 Å². The number of nitrogens with zero attached hydrogens (tertiary/aromatic N) is 1. The van der Waals surface area contributed by atoms with Gasteiger partial charge in [0.15, 0.2) is 6.04 Å². The van der Waals surface area contributed by atoms with Crippen LogP contribution in [0.1, 0.15) is 36.5 Å². The van der Waals surface area contributed by atoms with Gasteiger partial charge in [-0.1, -0.05) is 48.6 Å². The molecule has 2 aliphatic rings. The lowest BCUT2D eigenvalue weighted by atomic mass is 9.84. The van der Waals surface area contributed by atoms with Crippen LogP contribution in [0.2, 0.25) is 0 Å². The Labute approximate surface area is 147 Å². The number of benzene rings is 1. The minimum atomic E-state index is -0.670. The zero-order valence-electron chi connectivity index (χ0n) is 14.3. The fourth-order valence-corrected chi connectivity index (χ4v) is 3.16. The molecule has 2 unspecified atom stereocenters. The molecule has 25 heavy (non-hydrogen) atoms. The third-order valence-electron chi connectivity index (χ3n) is 4.39. The second kappa shape index (κ2) is 7.92. The minimum absolute atomic E-state index is 0.163. The first-order valence-corrected chi connectivity index (χ1v) is 8.68. The van der Waals surface area contributed by atoms with Gasteiger partial charge in [-0.25, -0.2) is 4.79 Å². The summed E-state index contributed by atoms with van der Waals surface area (Å²) in [6, 6.07) is 8.35. The first kappa shape index (κ1) is 17.1. The van der Waals surface area contributed by atoms with E-state index >= 15 is 0 Å². The van der Waals surface area contributed by atoms with Gasteiger partial charge in [-0.3, -0.25) is 10.2 Å². The van der Waals surface area contributed by atoms with E-state index in [9.17, 15) is 9.59 Å². The summed E-state index contributed by atoms with van der Waals surface area (Å²) in [5.41, 5.74) is 4.70. The van der Waals surface area contributed by atoms with Crippen LogP contribution in [0.25, 0.3) is 0 Å². The zero-order chi connectivity index (χ0) is 17.6. The van der Waals surface area contributed by atoms with E-state index in [1.54, 1.807) is 19.1 Å². The molecule has 0 radical (unpaired) electrons. The third kappa shape index (κ3) is 3.71. The van der Waals surface area contributed by atoms with Gasteiger partial charge in [0, 0.05) is 5.56 Å². The second-order valence-electron chi connectivity index (χ2n) is 6.07. The molecule has 1 aromatic rings. The molecule has 5 heteroatoms. The highest BCUT2D eigenvalue weighted by atomic mass is 16.5. The van der Waals surface area contributed by atoms with Crippen molar-refractivity contribution in [3.05, 3.63) is 59.7 Å². The fraction of sp³-hybridized carbons (Fsp3) is 0.350. The highest BCUT2D eigenvalue weighted by molar-refractivity contribution is 6.48. The molecule has 130 valence electrons. The summed E-state index contributed by atoms with van der Waals surface area (Å²) < 4.78 is 5.17. The Morgan fingerprint density at radius 1 is 1.24 bits per heavy atom. The Morgan fingerprint density at radius 2 is 2.04 bits per heavy atom. The number of ketones is 1. The standard InChI is InChI=1S/C20H22N2O3/c1-2-25-20(24)18-16(14-10-6-3-4-7-11-14)17(21-22-18)19(23)15-12-8-5-9-13-15/h5-6,8-13,16,18,22H,2-4,7H2,1H3. The number of rotatable bonds is 5. The van der Waals surface area contributed by atoms with E-state index in [-0.39, 0.29) is 11.8 Å². The molecule has 0 amide bonds. The molecule has 2 atom stereocenters. The van der Waals surface area contributed by atoms with Crippen LogP contribution in [0, 0.1) is 5.92 Å². The maximum Gasteiger partial charge on any atom is 0.331 e. The van der Waals surface area contributed by atoms with Crippen molar-refractivity contribution in [2.45, 2.75) is 32.2 Å². The highest BCUT2D eigenvalue weighted by Crippen LogP contribution is 2.28. The number of carbonyl (C=O) groups is 2. The lowest BCUT2D eigenvalue weighted by molar-refractivity contribution is -0.145. The molecule has 1 aromatic carbocycles. The molecule has 3 rings (SSSR count). The SMILES string of the molecule is CCOC(=O)C1NN=C(C(=O)c2ccccc2)C1C1=CCCCC=C1. The molecule has 1 heterocycles. The van der Waals surface area contributed by atoms with Gasteiger partial charge >= 0.3 is 5.97 Å². The van der Waals surface area contributed by atoms with Crippen LogP contribution in [0.15, 0.2) is 59.2 Å². The van der Waals surface area contributed by atoms with Gasteiger partial charge in [-0.2, -0.15) is 5.10 Å². The van der Waals surface area contributed by atoms with Crippen LogP contribution in [-0.2, 0) is 9.53 Å². The summed E-state index contributed by atoms with van der Waals surface area (Å²) in [7, 11) is 0. The molecule has 0 aromatic heterocycles. The summed E-state index contributed by atoms with van der Waals surface area (Å²) in [4.78, 5) is 25.3. The smallest absolute Gasteiger partial charge is 0.331 e. The topological polar surface area (TPSA) is 67.8 Å². The molecule has 0 saturated carbocycles. The molecule has 1 N–H and O–H groups in total. The largest absolute Gasteiger partial charge is 0.464 e. The van der Waals surface area contributed by atoms with Gasteiger partial charge in [0.25, 0.3) is 0 Å². The Bertz CT molecular complexity index is 735. The number of carbonyl (C=O) groups excluding carboxylic acids is 2. The molecular weight excluding hydrogens is 316 g/mol. The maximum absolute atomic E-state index is 12.9. The number of ether oxygens (including phenoxy) is 1. The monoisotopic (exact) mass is 338 g/mol. The fourth-order valence-electron chi connectivity index (χ4n) is 3.16. The molecule has 0 fully saturated rings. The van der Waals surface area contributed by atoms with Gasteiger partial charge in [-0.05, 0) is 31.8 Å². The van der Waals surface area contributed by atoms with E-state index in [0.717, 1.165) is 24.8 Å². The van der Waals surface area contributed by atoms with E-state index in [0.29, 0.717) is 17.9 Å². The average Bonchev–Trinajstić information content (AvgIpc) is 2.90. The molecule has 0 bridgehead atoms. The highest BCUT2D eigenvalue weighted by Gasteiger charge is 2.42. The van der Waals surface area contributed by atoms with Crippen molar-refractivity contribution in [3.63, 3.8) is 0 Å². The number of hydrogen-bond acceptors (Lipinski definition) is 5. The Hall–Kier alpha value is -2.69. The Morgan fingerprint density at radius 3 is 2.80 bits per heavy atom. The normalized spacial score (nSPS) is 22.4. The first-order valence-electron chi connectivity index (χ1n) is 8.68. The van der Waals surface area contributed by atoms with Crippen LogP contribution >= 0.6 is 0 Å². The molecule has 0 spiro atoms. The predicted octanol–water partition coefficient (Wildman–Crippen LogP) is 3.04. The van der Waals surface area contributed by atoms with Crippen molar-refractivity contribution in [2.75, 3.05) is 6.61 Å².